The molecule has 1 aliphatic heterocycles. The zero-order chi connectivity index (χ0) is 19.4. The van der Waals surface area contributed by atoms with Gasteiger partial charge >= 0.3 is 0 Å². The summed E-state index contributed by atoms with van der Waals surface area (Å²) in [6, 6.07) is 6.15. The fraction of sp³-hybridized carbons (Fsp3) is 0.600. The van der Waals surface area contributed by atoms with Gasteiger partial charge in [-0.05, 0) is 37.8 Å². The van der Waals surface area contributed by atoms with Crippen molar-refractivity contribution in [3.8, 4) is 0 Å². The van der Waals surface area contributed by atoms with Crippen LogP contribution in [-0.4, -0.2) is 55.5 Å². The second kappa shape index (κ2) is 8.52. The molecule has 6 nitrogen and oxygen atoms in total. The molecular formula is C20H28N2O4S. The van der Waals surface area contributed by atoms with Crippen LogP contribution in [0.5, 0.6) is 0 Å². The van der Waals surface area contributed by atoms with E-state index < -0.39 is 10.0 Å². The largest absolute Gasteiger partial charge is 0.340 e. The van der Waals surface area contributed by atoms with E-state index >= 15 is 0 Å². The summed E-state index contributed by atoms with van der Waals surface area (Å²) in [5.74, 6) is 0.477. The molecule has 0 N–H and O–H groups in total. The summed E-state index contributed by atoms with van der Waals surface area (Å²) < 4.78 is 27.1. The molecule has 1 heterocycles. The van der Waals surface area contributed by atoms with Gasteiger partial charge in [0, 0.05) is 38.2 Å². The van der Waals surface area contributed by atoms with E-state index in [1.54, 1.807) is 17.0 Å². The van der Waals surface area contributed by atoms with Gasteiger partial charge in [0.25, 0.3) is 0 Å². The molecule has 1 aromatic rings. The van der Waals surface area contributed by atoms with E-state index in [4.69, 9.17) is 0 Å². The summed E-state index contributed by atoms with van der Waals surface area (Å²) in [6.45, 7) is 2.86. The van der Waals surface area contributed by atoms with E-state index in [0.29, 0.717) is 44.1 Å². The van der Waals surface area contributed by atoms with Gasteiger partial charge < -0.3 is 4.90 Å². The van der Waals surface area contributed by atoms with Crippen molar-refractivity contribution in [1.82, 2.24) is 9.21 Å². The molecule has 7 heteroatoms. The standard InChI is InChI=1S/C20H28N2O4S/c1-16(23)18-8-5-9-19(15-18)27(25,26)22-12-10-21(11-13-22)20(24)14-17-6-3-2-4-7-17/h5,8-9,15,17H,2-4,6-7,10-14H2,1H3. The van der Waals surface area contributed by atoms with Gasteiger partial charge in [0.2, 0.25) is 15.9 Å². The maximum Gasteiger partial charge on any atom is 0.243 e. The second-order valence-electron chi connectivity index (χ2n) is 7.58. The number of nitrogens with zero attached hydrogens (tertiary/aromatic N) is 2. The number of hydrogen-bond donors (Lipinski definition) is 0. The number of carbonyl (C=O) groups is 2. The van der Waals surface area contributed by atoms with Gasteiger partial charge in [-0.25, -0.2) is 8.42 Å². The maximum absolute atomic E-state index is 12.9. The van der Waals surface area contributed by atoms with Crippen LogP contribution in [0.25, 0.3) is 0 Å². The van der Waals surface area contributed by atoms with Crippen LogP contribution < -0.4 is 0 Å². The Balaban J connectivity index is 1.60. The number of rotatable bonds is 5. The van der Waals surface area contributed by atoms with Crippen molar-refractivity contribution >= 4 is 21.7 Å². The third kappa shape index (κ3) is 4.76. The van der Waals surface area contributed by atoms with E-state index in [0.717, 1.165) is 12.8 Å². The molecule has 2 aliphatic rings. The summed E-state index contributed by atoms with van der Waals surface area (Å²) in [7, 11) is -3.65. The van der Waals surface area contributed by atoms with Gasteiger partial charge in [-0.15, -0.1) is 0 Å². The molecular weight excluding hydrogens is 364 g/mol. The summed E-state index contributed by atoms with van der Waals surface area (Å²) >= 11 is 0. The first kappa shape index (κ1) is 20.0. The van der Waals surface area contributed by atoms with E-state index in [9.17, 15) is 18.0 Å². The van der Waals surface area contributed by atoms with E-state index in [1.807, 2.05) is 0 Å². The predicted molar refractivity (Wildman–Crippen MR) is 103 cm³/mol. The lowest BCUT2D eigenvalue weighted by Gasteiger charge is -2.35. The summed E-state index contributed by atoms with van der Waals surface area (Å²) in [5.41, 5.74) is 0.386. The Labute approximate surface area is 161 Å². The minimum absolute atomic E-state index is 0.136. The highest BCUT2D eigenvalue weighted by molar-refractivity contribution is 7.89. The van der Waals surface area contributed by atoms with Crippen molar-refractivity contribution in [2.24, 2.45) is 5.92 Å². The normalized spacial score (nSPS) is 19.8. The zero-order valence-corrected chi connectivity index (χ0v) is 16.7. The van der Waals surface area contributed by atoms with Gasteiger partial charge in [-0.1, -0.05) is 31.4 Å². The number of sulfonamides is 1. The third-order valence-corrected chi connectivity index (χ3v) is 7.55. The van der Waals surface area contributed by atoms with Crippen molar-refractivity contribution in [3.05, 3.63) is 29.8 Å². The van der Waals surface area contributed by atoms with Crippen LogP contribution in [0.15, 0.2) is 29.2 Å². The highest BCUT2D eigenvalue weighted by atomic mass is 32.2. The summed E-state index contributed by atoms with van der Waals surface area (Å²) in [5, 5.41) is 0. The van der Waals surface area contributed by atoms with Crippen molar-refractivity contribution < 1.29 is 18.0 Å². The Bertz CT molecular complexity index is 792. The second-order valence-corrected chi connectivity index (χ2v) is 9.51. The van der Waals surface area contributed by atoms with Gasteiger partial charge in [0.1, 0.15) is 0 Å². The fourth-order valence-electron chi connectivity index (χ4n) is 3.97. The van der Waals surface area contributed by atoms with Crippen LogP contribution in [-0.2, 0) is 14.8 Å². The number of ketones is 1. The lowest BCUT2D eigenvalue weighted by atomic mass is 9.86. The molecule has 1 aromatic carbocycles. The molecule has 1 amide bonds. The van der Waals surface area contributed by atoms with E-state index in [1.165, 1.54) is 42.6 Å². The van der Waals surface area contributed by atoms with Crippen molar-refractivity contribution in [2.45, 2.75) is 50.3 Å². The molecule has 1 saturated carbocycles. The molecule has 27 heavy (non-hydrogen) atoms. The Morgan fingerprint density at radius 1 is 1.04 bits per heavy atom. The van der Waals surface area contributed by atoms with E-state index in [-0.39, 0.29) is 16.6 Å². The SMILES string of the molecule is CC(=O)c1cccc(S(=O)(=O)N2CCN(C(=O)CC3CCCCC3)CC2)c1. The first-order valence-corrected chi connectivity index (χ1v) is 11.2. The average molecular weight is 393 g/mol. The number of piperazine rings is 1. The van der Waals surface area contributed by atoms with Crippen molar-refractivity contribution in [2.75, 3.05) is 26.2 Å². The highest BCUT2D eigenvalue weighted by Gasteiger charge is 2.31. The molecule has 0 unspecified atom stereocenters. The molecule has 0 radical (unpaired) electrons. The smallest absolute Gasteiger partial charge is 0.243 e. The number of Topliss-reactive ketones (excluding diaryl/α,β-unsaturated/α-hetero) is 1. The Hall–Kier alpha value is -1.73. The Morgan fingerprint density at radius 2 is 1.70 bits per heavy atom. The minimum atomic E-state index is -3.65. The Kier molecular flexibility index (Phi) is 6.32. The van der Waals surface area contributed by atoms with Crippen LogP contribution >= 0.6 is 0 Å². The number of amides is 1. The average Bonchev–Trinajstić information content (AvgIpc) is 2.69. The molecule has 148 valence electrons. The van der Waals surface area contributed by atoms with Crippen LogP contribution in [0.1, 0.15) is 55.8 Å². The first-order valence-electron chi connectivity index (χ1n) is 9.77. The van der Waals surface area contributed by atoms with Gasteiger partial charge in [-0.3, -0.25) is 9.59 Å². The van der Waals surface area contributed by atoms with Gasteiger partial charge in [0.15, 0.2) is 5.78 Å². The van der Waals surface area contributed by atoms with Crippen LogP contribution in [0.2, 0.25) is 0 Å². The fourth-order valence-corrected chi connectivity index (χ4v) is 5.44. The topological polar surface area (TPSA) is 74.8 Å². The number of benzene rings is 1. The lowest BCUT2D eigenvalue weighted by molar-refractivity contribution is -0.133. The summed E-state index contributed by atoms with van der Waals surface area (Å²) in [6.07, 6.45) is 6.55. The lowest BCUT2D eigenvalue weighted by Crippen LogP contribution is -2.50. The molecule has 1 aliphatic carbocycles. The number of hydrogen-bond acceptors (Lipinski definition) is 4. The van der Waals surface area contributed by atoms with Crippen LogP contribution in [0.3, 0.4) is 0 Å². The van der Waals surface area contributed by atoms with E-state index in [2.05, 4.69) is 0 Å². The maximum atomic E-state index is 12.9. The molecule has 3 rings (SSSR count). The highest BCUT2D eigenvalue weighted by Crippen LogP contribution is 2.27. The Morgan fingerprint density at radius 3 is 2.33 bits per heavy atom. The monoisotopic (exact) mass is 392 g/mol. The van der Waals surface area contributed by atoms with Crippen molar-refractivity contribution in [3.63, 3.8) is 0 Å². The quantitative estimate of drug-likeness (QED) is 0.722. The molecule has 1 saturated heterocycles. The third-order valence-electron chi connectivity index (χ3n) is 5.66. The number of carbonyl (C=O) groups excluding carboxylic acids is 2. The zero-order valence-electron chi connectivity index (χ0n) is 15.9. The first-order chi connectivity index (χ1) is 12.9. The van der Waals surface area contributed by atoms with Gasteiger partial charge in [0.05, 0.1) is 4.90 Å². The van der Waals surface area contributed by atoms with Crippen LogP contribution in [0, 0.1) is 5.92 Å². The van der Waals surface area contributed by atoms with Crippen molar-refractivity contribution in [1.29, 1.82) is 0 Å². The van der Waals surface area contributed by atoms with Gasteiger partial charge in [-0.2, -0.15) is 4.31 Å². The molecule has 0 atom stereocenters. The minimum Gasteiger partial charge on any atom is -0.340 e. The summed E-state index contributed by atoms with van der Waals surface area (Å²) in [4.78, 5) is 26.0. The molecule has 0 aromatic heterocycles. The molecule has 0 bridgehead atoms. The van der Waals surface area contributed by atoms with Crippen LogP contribution in [0.4, 0.5) is 0 Å². The molecule has 0 spiro atoms. The predicted octanol–water partition coefficient (Wildman–Crippen LogP) is 2.69. The molecule has 2 fully saturated rings.